The van der Waals surface area contributed by atoms with Crippen molar-refractivity contribution in [2.75, 3.05) is 12.3 Å². The van der Waals surface area contributed by atoms with Crippen LogP contribution in [0.2, 0.25) is 0 Å². The van der Waals surface area contributed by atoms with Crippen LogP contribution in [0.5, 0.6) is 0 Å². The van der Waals surface area contributed by atoms with E-state index in [1.165, 1.54) is 48.8 Å². The van der Waals surface area contributed by atoms with Crippen LogP contribution in [0.3, 0.4) is 0 Å². The summed E-state index contributed by atoms with van der Waals surface area (Å²) >= 11 is 1.47. The molecule has 2 aromatic rings. The van der Waals surface area contributed by atoms with Crippen molar-refractivity contribution in [1.29, 1.82) is 0 Å². The molecule has 0 spiro atoms. The third-order valence-corrected chi connectivity index (χ3v) is 6.03. The van der Waals surface area contributed by atoms with Crippen molar-refractivity contribution >= 4 is 23.6 Å². The van der Waals surface area contributed by atoms with E-state index in [0.29, 0.717) is 28.6 Å². The summed E-state index contributed by atoms with van der Waals surface area (Å²) in [4.78, 5) is 30.5. The van der Waals surface area contributed by atoms with Crippen LogP contribution in [0.15, 0.2) is 29.4 Å². The maximum absolute atomic E-state index is 12.3. The molecule has 0 saturated heterocycles. The van der Waals surface area contributed by atoms with Crippen LogP contribution < -0.4 is 0 Å². The number of aryl methyl sites for hydroxylation is 1. The van der Waals surface area contributed by atoms with E-state index in [1.54, 1.807) is 24.3 Å². The largest absolute Gasteiger partial charge is 0.273 e. The molecule has 1 aromatic heterocycles. The molecule has 0 atom stereocenters. The second kappa shape index (κ2) is 7.61. The van der Waals surface area contributed by atoms with Gasteiger partial charge >= 0.3 is 0 Å². The lowest BCUT2D eigenvalue weighted by Gasteiger charge is -2.12. The Morgan fingerprint density at radius 2 is 1.81 bits per heavy atom. The van der Waals surface area contributed by atoms with E-state index in [4.69, 9.17) is 0 Å². The van der Waals surface area contributed by atoms with Crippen LogP contribution in [0, 0.1) is 5.92 Å². The molecule has 1 aliphatic heterocycles. The van der Waals surface area contributed by atoms with Crippen molar-refractivity contribution in [3.05, 3.63) is 41.2 Å². The number of aromatic amines is 1. The maximum atomic E-state index is 12.3. The summed E-state index contributed by atoms with van der Waals surface area (Å²) in [7, 11) is 0. The Morgan fingerprint density at radius 1 is 1.12 bits per heavy atom. The monoisotopic (exact) mass is 370 g/mol. The Morgan fingerprint density at radius 3 is 2.50 bits per heavy atom. The van der Waals surface area contributed by atoms with Crippen molar-refractivity contribution < 1.29 is 9.59 Å². The lowest BCUT2D eigenvalue weighted by molar-refractivity contribution is 0.0664. The number of rotatable bonds is 7. The standard InChI is InChI=1S/C19H22N4O2S/c24-17-14-7-3-4-8-15(14)18(25)23(17)11-12-26-19-20-16(21-22-19)10-9-13-5-1-2-6-13/h3-4,7-8,13H,1-2,5-6,9-12H2,(H,20,21,22). The smallest absolute Gasteiger partial charge is 0.261 e. The molecule has 4 rings (SSSR count). The second-order valence-corrected chi connectivity index (χ2v) is 7.97. The highest BCUT2D eigenvalue weighted by molar-refractivity contribution is 7.99. The van der Waals surface area contributed by atoms with E-state index >= 15 is 0 Å². The lowest BCUT2D eigenvalue weighted by atomic mass is 10.0. The SMILES string of the molecule is O=C1c2ccccc2C(=O)N1CCSc1n[nH]c(CCC2CCCC2)n1. The number of H-pyrrole nitrogens is 1. The first-order valence-corrected chi connectivity index (χ1v) is 10.2. The normalized spacial score (nSPS) is 17.3. The van der Waals surface area contributed by atoms with Gasteiger partial charge in [0.1, 0.15) is 5.82 Å². The summed E-state index contributed by atoms with van der Waals surface area (Å²) in [6, 6.07) is 6.97. The van der Waals surface area contributed by atoms with Gasteiger partial charge in [-0.3, -0.25) is 19.6 Å². The van der Waals surface area contributed by atoms with E-state index in [2.05, 4.69) is 15.2 Å². The van der Waals surface area contributed by atoms with Gasteiger partial charge in [-0.05, 0) is 24.5 Å². The van der Waals surface area contributed by atoms with Crippen molar-refractivity contribution in [3.63, 3.8) is 0 Å². The molecule has 26 heavy (non-hydrogen) atoms. The fourth-order valence-electron chi connectivity index (χ4n) is 3.76. The summed E-state index contributed by atoms with van der Waals surface area (Å²) in [5, 5.41) is 7.94. The molecular formula is C19H22N4O2S. The highest BCUT2D eigenvalue weighted by Crippen LogP contribution is 2.28. The minimum absolute atomic E-state index is 0.210. The molecule has 0 radical (unpaired) electrons. The second-order valence-electron chi connectivity index (χ2n) is 6.91. The summed E-state index contributed by atoms with van der Waals surface area (Å²) in [6.07, 6.45) is 7.52. The highest BCUT2D eigenvalue weighted by atomic mass is 32.2. The van der Waals surface area contributed by atoms with Gasteiger partial charge in [0, 0.05) is 18.7 Å². The van der Waals surface area contributed by atoms with Crippen molar-refractivity contribution in [1.82, 2.24) is 20.1 Å². The predicted molar refractivity (Wildman–Crippen MR) is 99.2 cm³/mol. The topological polar surface area (TPSA) is 79.0 Å². The first kappa shape index (κ1) is 17.3. The number of nitrogens with zero attached hydrogens (tertiary/aromatic N) is 3. The quantitative estimate of drug-likeness (QED) is 0.597. The van der Waals surface area contributed by atoms with Crippen LogP contribution in [-0.4, -0.2) is 44.2 Å². The number of aromatic nitrogens is 3. The van der Waals surface area contributed by atoms with Crippen LogP contribution >= 0.6 is 11.8 Å². The van der Waals surface area contributed by atoms with E-state index in [1.807, 2.05) is 0 Å². The van der Waals surface area contributed by atoms with E-state index in [9.17, 15) is 9.59 Å². The molecule has 136 valence electrons. The number of carbonyl (C=O) groups is 2. The van der Waals surface area contributed by atoms with Crippen LogP contribution in [-0.2, 0) is 6.42 Å². The van der Waals surface area contributed by atoms with Gasteiger partial charge in [0.15, 0.2) is 0 Å². The lowest BCUT2D eigenvalue weighted by Crippen LogP contribution is -2.31. The molecule has 2 heterocycles. The number of amides is 2. The van der Waals surface area contributed by atoms with Gasteiger partial charge in [-0.15, -0.1) is 5.10 Å². The number of hydrogen-bond acceptors (Lipinski definition) is 5. The number of hydrogen-bond donors (Lipinski definition) is 1. The van der Waals surface area contributed by atoms with Gasteiger partial charge in [-0.25, -0.2) is 4.98 Å². The Bertz CT molecular complexity index is 778. The summed E-state index contributed by atoms with van der Waals surface area (Å²) in [5.41, 5.74) is 0.990. The first-order chi connectivity index (χ1) is 12.7. The average Bonchev–Trinajstić information content (AvgIpc) is 3.38. The minimum atomic E-state index is -0.210. The Labute approximate surface area is 156 Å². The van der Waals surface area contributed by atoms with Crippen molar-refractivity contribution in [3.8, 4) is 0 Å². The number of imide groups is 1. The summed E-state index contributed by atoms with van der Waals surface area (Å²) in [5.74, 6) is 1.94. The number of nitrogens with one attached hydrogen (secondary N) is 1. The molecular weight excluding hydrogens is 348 g/mol. The van der Waals surface area contributed by atoms with Crippen LogP contribution in [0.4, 0.5) is 0 Å². The third-order valence-electron chi connectivity index (χ3n) is 5.20. The Balaban J connectivity index is 1.26. The Hall–Kier alpha value is -2.15. The molecule has 7 heteroatoms. The van der Waals surface area contributed by atoms with Crippen LogP contribution in [0.25, 0.3) is 0 Å². The maximum Gasteiger partial charge on any atom is 0.261 e. The third kappa shape index (κ3) is 3.53. The van der Waals surface area contributed by atoms with Gasteiger partial charge in [-0.2, -0.15) is 0 Å². The summed E-state index contributed by atoms with van der Waals surface area (Å²) < 4.78 is 0. The zero-order chi connectivity index (χ0) is 17.9. The number of fused-ring (bicyclic) bond motifs is 1. The molecule has 1 saturated carbocycles. The van der Waals surface area contributed by atoms with Crippen molar-refractivity contribution in [2.24, 2.45) is 5.92 Å². The van der Waals surface area contributed by atoms with E-state index < -0.39 is 0 Å². The molecule has 6 nitrogen and oxygen atoms in total. The fourth-order valence-corrected chi connectivity index (χ4v) is 4.51. The molecule has 2 aliphatic rings. The zero-order valence-electron chi connectivity index (χ0n) is 14.6. The van der Waals surface area contributed by atoms with Gasteiger partial charge in [0.2, 0.25) is 5.16 Å². The molecule has 1 aliphatic carbocycles. The van der Waals surface area contributed by atoms with Crippen molar-refractivity contribution in [2.45, 2.75) is 43.7 Å². The van der Waals surface area contributed by atoms with Gasteiger partial charge in [-0.1, -0.05) is 49.6 Å². The fraction of sp³-hybridized carbons (Fsp3) is 0.474. The average molecular weight is 370 g/mol. The highest BCUT2D eigenvalue weighted by Gasteiger charge is 2.34. The number of benzene rings is 1. The number of carbonyl (C=O) groups excluding carboxylic acids is 2. The van der Waals surface area contributed by atoms with E-state index in [-0.39, 0.29) is 11.8 Å². The Kier molecular flexibility index (Phi) is 5.06. The van der Waals surface area contributed by atoms with Crippen LogP contribution in [0.1, 0.15) is 58.6 Å². The van der Waals surface area contributed by atoms with Gasteiger partial charge < -0.3 is 0 Å². The molecule has 1 N–H and O–H groups in total. The minimum Gasteiger partial charge on any atom is -0.273 e. The molecule has 0 bridgehead atoms. The van der Waals surface area contributed by atoms with Gasteiger partial charge in [0.05, 0.1) is 11.1 Å². The zero-order valence-corrected chi connectivity index (χ0v) is 15.4. The first-order valence-electron chi connectivity index (χ1n) is 9.21. The number of thioether (sulfide) groups is 1. The molecule has 1 aromatic carbocycles. The summed E-state index contributed by atoms with van der Waals surface area (Å²) in [6.45, 7) is 0.364. The predicted octanol–water partition coefficient (Wildman–Crippen LogP) is 3.32. The molecule has 1 fully saturated rings. The van der Waals surface area contributed by atoms with E-state index in [0.717, 1.165) is 18.2 Å². The van der Waals surface area contributed by atoms with Gasteiger partial charge in [0.25, 0.3) is 11.8 Å². The molecule has 2 amide bonds. The molecule has 0 unspecified atom stereocenters.